The van der Waals surface area contributed by atoms with E-state index in [1.165, 1.54) is 22.1 Å². The van der Waals surface area contributed by atoms with E-state index < -0.39 is 0 Å². The number of pyridine rings is 1. The first-order valence-corrected chi connectivity index (χ1v) is 7.38. The molecule has 0 amide bonds. The second kappa shape index (κ2) is 5.57. The van der Waals surface area contributed by atoms with Gasteiger partial charge in [-0.25, -0.2) is 0 Å². The lowest BCUT2D eigenvalue weighted by molar-refractivity contribution is 1.14. The number of rotatable bonds is 3. The van der Waals surface area contributed by atoms with Crippen LogP contribution < -0.4 is 5.32 Å². The highest BCUT2D eigenvalue weighted by atomic mass is 14.9. The highest BCUT2D eigenvalue weighted by Gasteiger charge is 2.04. The van der Waals surface area contributed by atoms with E-state index in [1.807, 2.05) is 12.3 Å². The van der Waals surface area contributed by atoms with Crippen LogP contribution in [-0.2, 0) is 6.42 Å². The van der Waals surface area contributed by atoms with Gasteiger partial charge in [0, 0.05) is 23.0 Å². The van der Waals surface area contributed by atoms with Crippen LogP contribution in [0.3, 0.4) is 0 Å². The van der Waals surface area contributed by atoms with E-state index in [-0.39, 0.29) is 0 Å². The number of fused-ring (bicyclic) bond motifs is 1. The standard InChI is InChI=1S/C19H20N2/c1-4-15-5-6-18-17(12-15)19(7-8-20-18)21-16-10-13(2)9-14(3)11-16/h5-12H,4H2,1-3H3,(H,20,21). The summed E-state index contributed by atoms with van der Waals surface area (Å²) in [5.41, 5.74) is 7.14. The molecule has 0 saturated carbocycles. The molecule has 3 aromatic rings. The first-order valence-electron chi connectivity index (χ1n) is 7.38. The normalized spacial score (nSPS) is 10.8. The van der Waals surface area contributed by atoms with Gasteiger partial charge in [0.15, 0.2) is 0 Å². The minimum atomic E-state index is 1.03. The number of benzene rings is 2. The van der Waals surface area contributed by atoms with Crippen LogP contribution in [0.15, 0.2) is 48.7 Å². The first-order chi connectivity index (χ1) is 10.2. The Balaban J connectivity index is 2.07. The van der Waals surface area contributed by atoms with E-state index in [4.69, 9.17) is 0 Å². The Morgan fingerprint density at radius 3 is 2.43 bits per heavy atom. The molecule has 0 aliphatic carbocycles. The van der Waals surface area contributed by atoms with E-state index in [0.717, 1.165) is 23.3 Å². The van der Waals surface area contributed by atoms with Crippen LogP contribution in [0.1, 0.15) is 23.6 Å². The highest BCUT2D eigenvalue weighted by molar-refractivity contribution is 5.93. The molecule has 3 rings (SSSR count). The lowest BCUT2D eigenvalue weighted by Crippen LogP contribution is -1.94. The summed E-state index contributed by atoms with van der Waals surface area (Å²) in [5.74, 6) is 0. The van der Waals surface area contributed by atoms with Crippen LogP contribution in [-0.4, -0.2) is 4.98 Å². The average molecular weight is 276 g/mol. The molecule has 0 aliphatic heterocycles. The molecular weight excluding hydrogens is 256 g/mol. The zero-order chi connectivity index (χ0) is 14.8. The van der Waals surface area contributed by atoms with Crippen molar-refractivity contribution >= 4 is 22.3 Å². The van der Waals surface area contributed by atoms with E-state index >= 15 is 0 Å². The molecule has 0 spiro atoms. The molecule has 2 heteroatoms. The predicted molar refractivity (Wildman–Crippen MR) is 90.3 cm³/mol. The van der Waals surface area contributed by atoms with Gasteiger partial charge in [0.2, 0.25) is 0 Å². The average Bonchev–Trinajstić information content (AvgIpc) is 2.46. The Hall–Kier alpha value is -2.35. The zero-order valence-corrected chi connectivity index (χ0v) is 12.8. The first kappa shape index (κ1) is 13.6. The minimum absolute atomic E-state index is 1.03. The number of aryl methyl sites for hydroxylation is 3. The number of nitrogens with zero attached hydrogens (tertiary/aromatic N) is 1. The van der Waals surface area contributed by atoms with E-state index in [1.54, 1.807) is 0 Å². The summed E-state index contributed by atoms with van der Waals surface area (Å²) in [4.78, 5) is 4.45. The van der Waals surface area contributed by atoms with Gasteiger partial charge in [-0.2, -0.15) is 0 Å². The third kappa shape index (κ3) is 2.89. The van der Waals surface area contributed by atoms with Gasteiger partial charge in [0.05, 0.1) is 5.52 Å². The third-order valence-electron chi connectivity index (χ3n) is 3.71. The monoisotopic (exact) mass is 276 g/mol. The van der Waals surface area contributed by atoms with Gasteiger partial charge in [-0.3, -0.25) is 4.98 Å². The summed E-state index contributed by atoms with van der Waals surface area (Å²) >= 11 is 0. The highest BCUT2D eigenvalue weighted by Crippen LogP contribution is 2.27. The minimum Gasteiger partial charge on any atom is -0.355 e. The van der Waals surface area contributed by atoms with Crippen molar-refractivity contribution in [2.45, 2.75) is 27.2 Å². The Morgan fingerprint density at radius 1 is 0.952 bits per heavy atom. The molecule has 0 bridgehead atoms. The molecular formula is C19H20N2. The molecule has 0 unspecified atom stereocenters. The molecule has 2 aromatic carbocycles. The number of anilines is 2. The lowest BCUT2D eigenvalue weighted by Gasteiger charge is -2.12. The largest absolute Gasteiger partial charge is 0.355 e. The Bertz CT molecular complexity index is 770. The third-order valence-corrected chi connectivity index (χ3v) is 3.71. The van der Waals surface area contributed by atoms with Crippen molar-refractivity contribution in [3.8, 4) is 0 Å². The van der Waals surface area contributed by atoms with Crippen LogP contribution >= 0.6 is 0 Å². The molecule has 0 fully saturated rings. The summed E-state index contributed by atoms with van der Waals surface area (Å²) in [6.45, 7) is 6.42. The molecule has 1 N–H and O–H groups in total. The SMILES string of the molecule is CCc1ccc2nccc(Nc3cc(C)cc(C)c3)c2c1. The fraction of sp³-hybridized carbons (Fsp3) is 0.211. The van der Waals surface area contributed by atoms with Crippen molar-refractivity contribution in [3.63, 3.8) is 0 Å². The summed E-state index contributed by atoms with van der Waals surface area (Å²) in [6, 6.07) is 15.0. The second-order valence-corrected chi connectivity index (χ2v) is 5.56. The van der Waals surface area contributed by atoms with Crippen LogP contribution in [0.2, 0.25) is 0 Å². The van der Waals surface area contributed by atoms with Crippen molar-refractivity contribution in [2.24, 2.45) is 0 Å². The summed E-state index contributed by atoms with van der Waals surface area (Å²) < 4.78 is 0. The van der Waals surface area contributed by atoms with Gasteiger partial charge in [0.1, 0.15) is 0 Å². The van der Waals surface area contributed by atoms with E-state index in [2.05, 4.69) is 67.5 Å². The van der Waals surface area contributed by atoms with Gasteiger partial charge >= 0.3 is 0 Å². The maximum absolute atomic E-state index is 4.45. The summed E-state index contributed by atoms with van der Waals surface area (Å²) in [6.07, 6.45) is 2.90. The van der Waals surface area contributed by atoms with Gasteiger partial charge in [-0.15, -0.1) is 0 Å². The van der Waals surface area contributed by atoms with Crippen LogP contribution in [0.25, 0.3) is 10.9 Å². The van der Waals surface area contributed by atoms with Crippen molar-refractivity contribution in [2.75, 3.05) is 5.32 Å². The van der Waals surface area contributed by atoms with E-state index in [9.17, 15) is 0 Å². The molecule has 0 radical (unpaired) electrons. The number of hydrogen-bond donors (Lipinski definition) is 1. The summed E-state index contributed by atoms with van der Waals surface area (Å²) in [5, 5.41) is 4.72. The number of aromatic nitrogens is 1. The smallest absolute Gasteiger partial charge is 0.0723 e. The lowest BCUT2D eigenvalue weighted by atomic mass is 10.1. The van der Waals surface area contributed by atoms with Gasteiger partial charge in [0.25, 0.3) is 0 Å². The summed E-state index contributed by atoms with van der Waals surface area (Å²) in [7, 11) is 0. The Kier molecular flexibility index (Phi) is 3.61. The molecule has 21 heavy (non-hydrogen) atoms. The fourth-order valence-electron chi connectivity index (χ4n) is 2.72. The number of hydrogen-bond acceptors (Lipinski definition) is 2. The van der Waals surface area contributed by atoms with Crippen molar-refractivity contribution in [1.29, 1.82) is 0 Å². The zero-order valence-electron chi connectivity index (χ0n) is 12.8. The van der Waals surface area contributed by atoms with Crippen LogP contribution in [0, 0.1) is 13.8 Å². The molecule has 1 aromatic heterocycles. The number of nitrogens with one attached hydrogen (secondary N) is 1. The second-order valence-electron chi connectivity index (χ2n) is 5.56. The molecule has 106 valence electrons. The van der Waals surface area contributed by atoms with Gasteiger partial charge in [-0.05, 0) is 67.3 Å². The maximum Gasteiger partial charge on any atom is 0.0723 e. The molecule has 1 heterocycles. The topological polar surface area (TPSA) is 24.9 Å². The van der Waals surface area contributed by atoms with Gasteiger partial charge < -0.3 is 5.32 Å². The van der Waals surface area contributed by atoms with Crippen molar-refractivity contribution < 1.29 is 0 Å². The molecule has 0 saturated heterocycles. The van der Waals surface area contributed by atoms with Crippen molar-refractivity contribution in [3.05, 3.63) is 65.4 Å². The van der Waals surface area contributed by atoms with E-state index in [0.29, 0.717) is 0 Å². The maximum atomic E-state index is 4.45. The molecule has 0 aliphatic rings. The quantitative estimate of drug-likeness (QED) is 0.715. The fourth-order valence-corrected chi connectivity index (χ4v) is 2.72. The molecule has 0 atom stereocenters. The van der Waals surface area contributed by atoms with Crippen molar-refractivity contribution in [1.82, 2.24) is 4.98 Å². The predicted octanol–water partition coefficient (Wildman–Crippen LogP) is 5.16. The molecule has 2 nitrogen and oxygen atoms in total. The van der Waals surface area contributed by atoms with Crippen LogP contribution in [0.5, 0.6) is 0 Å². The Morgan fingerprint density at radius 2 is 1.71 bits per heavy atom. The van der Waals surface area contributed by atoms with Crippen LogP contribution in [0.4, 0.5) is 11.4 Å². The van der Waals surface area contributed by atoms with Gasteiger partial charge in [-0.1, -0.05) is 19.1 Å². The Labute approximate surface area is 125 Å².